The van der Waals surface area contributed by atoms with E-state index in [0.717, 1.165) is 0 Å². The summed E-state index contributed by atoms with van der Waals surface area (Å²) in [7, 11) is -4.52. The van der Waals surface area contributed by atoms with Gasteiger partial charge in [-0.05, 0) is 6.07 Å². The zero-order chi connectivity index (χ0) is 14.3. The lowest BCUT2D eigenvalue weighted by atomic mass is 10.3. The van der Waals surface area contributed by atoms with E-state index in [1.54, 1.807) is 12.3 Å². The highest BCUT2D eigenvalue weighted by atomic mass is 35.5. The second kappa shape index (κ2) is 4.64. The van der Waals surface area contributed by atoms with E-state index < -0.39 is 7.60 Å². The number of nitrogens with zero attached hydrogens (tertiary/aromatic N) is 5. The molecule has 3 heterocycles. The van der Waals surface area contributed by atoms with E-state index in [0.29, 0.717) is 22.2 Å². The van der Waals surface area contributed by atoms with E-state index in [1.165, 1.54) is 10.5 Å². The summed E-state index contributed by atoms with van der Waals surface area (Å²) in [6.07, 6.45) is 1.67. The first-order valence-corrected chi connectivity index (χ1v) is 7.39. The lowest BCUT2D eigenvalue weighted by Crippen LogP contribution is -2.13. The Balaban J connectivity index is 2.23. The standard InChI is InChI=1S/C9H8ClN6O3P/c10-5-1-2-16-6(4-7-12-14-15-13-7)9(20(17,18)19)11-8(16)3-5/h1-3H,4H2,(H2,17,18,19)(H,12,13,14,15). The van der Waals surface area contributed by atoms with Gasteiger partial charge in [0.2, 0.25) is 0 Å². The lowest BCUT2D eigenvalue weighted by molar-refractivity contribution is 0.386. The first-order chi connectivity index (χ1) is 9.45. The average molecular weight is 315 g/mol. The van der Waals surface area contributed by atoms with Gasteiger partial charge in [-0.1, -0.05) is 16.8 Å². The molecule has 20 heavy (non-hydrogen) atoms. The van der Waals surface area contributed by atoms with Gasteiger partial charge in [-0.2, -0.15) is 5.21 Å². The molecule has 0 atom stereocenters. The molecule has 0 unspecified atom stereocenters. The van der Waals surface area contributed by atoms with Crippen LogP contribution in [0.25, 0.3) is 5.65 Å². The van der Waals surface area contributed by atoms with Crippen LogP contribution in [0.4, 0.5) is 0 Å². The molecule has 0 aliphatic carbocycles. The zero-order valence-electron chi connectivity index (χ0n) is 9.80. The molecule has 0 saturated carbocycles. The SMILES string of the molecule is O=P(O)(O)c1nc2cc(Cl)ccn2c1Cc1nn[nH]n1. The summed E-state index contributed by atoms with van der Waals surface area (Å²) in [4.78, 5) is 22.8. The highest BCUT2D eigenvalue weighted by Crippen LogP contribution is 2.35. The molecule has 0 amide bonds. The molecule has 3 N–H and O–H groups in total. The Hall–Kier alpha value is -1.80. The maximum atomic E-state index is 11.6. The van der Waals surface area contributed by atoms with Crippen molar-refractivity contribution in [2.45, 2.75) is 6.42 Å². The molecule has 9 nitrogen and oxygen atoms in total. The van der Waals surface area contributed by atoms with Crippen molar-refractivity contribution in [1.82, 2.24) is 30.0 Å². The first-order valence-electron chi connectivity index (χ1n) is 5.40. The molecular weight excluding hydrogens is 307 g/mol. The Bertz CT molecular complexity index is 811. The molecule has 0 radical (unpaired) electrons. The van der Waals surface area contributed by atoms with Crippen molar-refractivity contribution >= 4 is 30.3 Å². The summed E-state index contributed by atoms with van der Waals surface area (Å²) < 4.78 is 13.1. The molecule has 3 rings (SSSR count). The van der Waals surface area contributed by atoms with Crippen LogP contribution in [-0.2, 0) is 11.0 Å². The molecule has 0 aliphatic heterocycles. The molecule has 0 aromatic carbocycles. The van der Waals surface area contributed by atoms with Gasteiger partial charge in [0.15, 0.2) is 11.3 Å². The van der Waals surface area contributed by atoms with Crippen molar-refractivity contribution in [2.75, 3.05) is 0 Å². The maximum absolute atomic E-state index is 11.6. The van der Waals surface area contributed by atoms with E-state index in [2.05, 4.69) is 25.6 Å². The number of imidazole rings is 1. The summed E-state index contributed by atoms with van der Waals surface area (Å²) in [5, 5.41) is 13.7. The van der Waals surface area contributed by atoms with E-state index >= 15 is 0 Å². The van der Waals surface area contributed by atoms with Gasteiger partial charge in [0, 0.05) is 17.3 Å². The fourth-order valence-electron chi connectivity index (χ4n) is 1.86. The molecule has 0 fully saturated rings. The molecule has 3 aromatic rings. The van der Waals surface area contributed by atoms with Crippen molar-refractivity contribution < 1.29 is 14.4 Å². The Morgan fingerprint density at radius 2 is 2.25 bits per heavy atom. The number of halogens is 1. The number of aromatic amines is 1. The summed E-state index contributed by atoms with van der Waals surface area (Å²) in [6.45, 7) is 0. The fraction of sp³-hybridized carbons (Fsp3) is 0.111. The molecule has 3 aromatic heterocycles. The van der Waals surface area contributed by atoms with E-state index in [1.807, 2.05) is 0 Å². The van der Waals surface area contributed by atoms with Gasteiger partial charge < -0.3 is 14.2 Å². The molecule has 0 bridgehead atoms. The van der Waals surface area contributed by atoms with Gasteiger partial charge >= 0.3 is 7.60 Å². The quantitative estimate of drug-likeness (QED) is 0.575. The molecular formula is C9H8ClN6O3P. The van der Waals surface area contributed by atoms with Crippen LogP contribution in [0.3, 0.4) is 0 Å². The van der Waals surface area contributed by atoms with Crippen molar-refractivity contribution in [3.05, 3.63) is 34.9 Å². The van der Waals surface area contributed by atoms with Crippen LogP contribution in [0.5, 0.6) is 0 Å². The largest absolute Gasteiger partial charge is 0.376 e. The molecule has 104 valence electrons. The van der Waals surface area contributed by atoms with Crippen LogP contribution in [0.1, 0.15) is 11.5 Å². The highest BCUT2D eigenvalue weighted by molar-refractivity contribution is 7.60. The van der Waals surface area contributed by atoms with Crippen LogP contribution in [-0.4, -0.2) is 39.8 Å². The number of hydrogen-bond donors (Lipinski definition) is 3. The maximum Gasteiger partial charge on any atom is 0.376 e. The number of aromatic nitrogens is 6. The van der Waals surface area contributed by atoms with Gasteiger partial charge in [-0.25, -0.2) is 4.98 Å². The number of tetrazole rings is 1. The van der Waals surface area contributed by atoms with Crippen LogP contribution < -0.4 is 5.44 Å². The highest BCUT2D eigenvalue weighted by Gasteiger charge is 2.28. The molecule has 0 aliphatic rings. The number of rotatable bonds is 3. The zero-order valence-corrected chi connectivity index (χ0v) is 11.5. The number of H-pyrrole nitrogens is 1. The van der Waals surface area contributed by atoms with Crippen molar-refractivity contribution in [3.8, 4) is 0 Å². The van der Waals surface area contributed by atoms with Gasteiger partial charge in [0.25, 0.3) is 0 Å². The van der Waals surface area contributed by atoms with Crippen molar-refractivity contribution in [3.63, 3.8) is 0 Å². The van der Waals surface area contributed by atoms with Gasteiger partial charge in [-0.15, -0.1) is 10.2 Å². The van der Waals surface area contributed by atoms with Gasteiger partial charge in [0.1, 0.15) is 5.65 Å². The van der Waals surface area contributed by atoms with Crippen LogP contribution in [0.2, 0.25) is 5.02 Å². The predicted octanol–water partition coefficient (Wildman–Crippen LogP) is -0.105. The van der Waals surface area contributed by atoms with Crippen LogP contribution >= 0.6 is 19.2 Å². The van der Waals surface area contributed by atoms with Crippen LogP contribution in [0.15, 0.2) is 18.3 Å². The monoisotopic (exact) mass is 314 g/mol. The second-order valence-corrected chi connectivity index (χ2v) is 5.95. The Morgan fingerprint density at radius 1 is 1.45 bits per heavy atom. The Labute approximate surface area is 116 Å². The number of hydrogen-bond acceptors (Lipinski definition) is 5. The molecule has 11 heteroatoms. The minimum atomic E-state index is -4.52. The van der Waals surface area contributed by atoms with Gasteiger partial charge in [-0.3, -0.25) is 4.57 Å². The lowest BCUT2D eigenvalue weighted by Gasteiger charge is -2.03. The Morgan fingerprint density at radius 3 is 2.90 bits per heavy atom. The molecule has 0 spiro atoms. The van der Waals surface area contributed by atoms with Crippen molar-refractivity contribution in [1.29, 1.82) is 0 Å². The minimum absolute atomic E-state index is 0.0831. The summed E-state index contributed by atoms with van der Waals surface area (Å²) in [5.74, 6) is 0.302. The third-order valence-electron chi connectivity index (χ3n) is 2.66. The number of nitrogens with one attached hydrogen (secondary N) is 1. The number of fused-ring (bicyclic) bond motifs is 1. The summed E-state index contributed by atoms with van der Waals surface area (Å²) >= 11 is 5.85. The summed E-state index contributed by atoms with van der Waals surface area (Å²) in [6, 6.07) is 3.11. The van der Waals surface area contributed by atoms with Crippen molar-refractivity contribution in [2.24, 2.45) is 0 Å². The topological polar surface area (TPSA) is 129 Å². The number of pyridine rings is 1. The van der Waals surface area contributed by atoms with Gasteiger partial charge in [0.05, 0.1) is 12.1 Å². The normalized spacial score (nSPS) is 12.2. The second-order valence-electron chi connectivity index (χ2n) is 4.00. The third-order valence-corrected chi connectivity index (χ3v) is 3.80. The van der Waals surface area contributed by atoms with E-state index in [9.17, 15) is 14.4 Å². The third kappa shape index (κ3) is 2.32. The van der Waals surface area contributed by atoms with E-state index in [-0.39, 0.29) is 11.9 Å². The smallest absolute Gasteiger partial charge is 0.320 e. The first kappa shape index (κ1) is 13.2. The fourth-order valence-corrected chi connectivity index (χ4v) is 2.77. The summed E-state index contributed by atoms with van der Waals surface area (Å²) in [5.41, 5.74) is 0.324. The Kier molecular flexibility index (Phi) is 3.06. The predicted molar refractivity (Wildman–Crippen MR) is 68.9 cm³/mol. The molecule has 0 saturated heterocycles. The average Bonchev–Trinajstić information content (AvgIpc) is 2.97. The minimum Gasteiger partial charge on any atom is -0.320 e. The van der Waals surface area contributed by atoms with E-state index in [4.69, 9.17) is 11.6 Å². The van der Waals surface area contributed by atoms with Crippen LogP contribution in [0, 0.1) is 0 Å².